The fraction of sp³-hybridized carbons (Fsp3) is 0.533. The summed E-state index contributed by atoms with van der Waals surface area (Å²) in [6, 6.07) is 7.81. The molecule has 0 bridgehead atoms. The van der Waals surface area contributed by atoms with Crippen molar-refractivity contribution >= 4 is 0 Å². The predicted octanol–water partition coefficient (Wildman–Crippen LogP) is 1.70. The smallest absolute Gasteiger partial charge is 0.123 e. The van der Waals surface area contributed by atoms with E-state index in [0.717, 1.165) is 50.6 Å². The van der Waals surface area contributed by atoms with Crippen LogP contribution in [0.25, 0.3) is 0 Å². The van der Waals surface area contributed by atoms with Gasteiger partial charge in [0.2, 0.25) is 0 Å². The van der Waals surface area contributed by atoms with Crippen molar-refractivity contribution in [1.82, 2.24) is 9.80 Å². The van der Waals surface area contributed by atoms with Crippen LogP contribution in [-0.2, 0) is 6.54 Å². The van der Waals surface area contributed by atoms with Gasteiger partial charge in [0, 0.05) is 38.3 Å². The van der Waals surface area contributed by atoms with Gasteiger partial charge >= 0.3 is 0 Å². The van der Waals surface area contributed by atoms with Gasteiger partial charge in [0.05, 0.1) is 18.7 Å². The summed E-state index contributed by atoms with van der Waals surface area (Å²) in [5, 5.41) is 8.99. The Kier molecular flexibility index (Phi) is 4.78. The lowest BCUT2D eigenvalue weighted by Crippen LogP contribution is -2.45. The highest BCUT2D eigenvalue weighted by Gasteiger charge is 2.17. The average Bonchev–Trinajstić information content (AvgIpc) is 2.48. The number of nitrogens with zero attached hydrogens (tertiary/aromatic N) is 3. The summed E-state index contributed by atoms with van der Waals surface area (Å²) in [5.41, 5.74) is 1.80. The summed E-state index contributed by atoms with van der Waals surface area (Å²) in [7, 11) is 1.68. The lowest BCUT2D eigenvalue weighted by Gasteiger charge is -2.34. The van der Waals surface area contributed by atoms with Crippen molar-refractivity contribution in [1.29, 1.82) is 5.26 Å². The Labute approximate surface area is 115 Å². The van der Waals surface area contributed by atoms with Crippen LogP contribution < -0.4 is 4.74 Å². The number of piperazine rings is 1. The minimum absolute atomic E-state index is 0.697. The maximum atomic E-state index is 8.99. The highest BCUT2D eigenvalue weighted by molar-refractivity contribution is 5.42. The van der Waals surface area contributed by atoms with Crippen molar-refractivity contribution in [3.8, 4) is 11.8 Å². The topological polar surface area (TPSA) is 39.5 Å². The van der Waals surface area contributed by atoms with Gasteiger partial charge in [-0.25, -0.2) is 0 Å². The minimum atomic E-state index is 0.697. The van der Waals surface area contributed by atoms with Crippen molar-refractivity contribution in [2.45, 2.75) is 13.5 Å². The molecule has 1 aliphatic rings. The zero-order valence-corrected chi connectivity index (χ0v) is 11.7. The summed E-state index contributed by atoms with van der Waals surface area (Å²) in [6.07, 6.45) is 0. The van der Waals surface area contributed by atoms with Crippen LogP contribution >= 0.6 is 0 Å². The molecule has 0 aromatic heterocycles. The first kappa shape index (κ1) is 13.9. The molecular weight excluding hydrogens is 238 g/mol. The fourth-order valence-electron chi connectivity index (χ4n) is 2.48. The summed E-state index contributed by atoms with van der Waals surface area (Å²) in [4.78, 5) is 4.88. The van der Waals surface area contributed by atoms with Crippen molar-refractivity contribution in [3.63, 3.8) is 0 Å². The quantitative estimate of drug-likeness (QED) is 0.825. The van der Waals surface area contributed by atoms with Gasteiger partial charge in [0.25, 0.3) is 0 Å². The van der Waals surface area contributed by atoms with Crippen LogP contribution in [0.2, 0.25) is 0 Å². The molecule has 0 atom stereocenters. The van der Waals surface area contributed by atoms with E-state index in [1.807, 2.05) is 12.1 Å². The Morgan fingerprint density at radius 3 is 2.47 bits per heavy atom. The average molecular weight is 259 g/mol. The van der Waals surface area contributed by atoms with Crippen molar-refractivity contribution < 1.29 is 4.74 Å². The van der Waals surface area contributed by atoms with Crippen molar-refractivity contribution in [3.05, 3.63) is 29.3 Å². The maximum absolute atomic E-state index is 8.99. The second-order valence-electron chi connectivity index (χ2n) is 4.85. The summed E-state index contributed by atoms with van der Waals surface area (Å²) >= 11 is 0. The molecule has 0 radical (unpaired) electrons. The molecule has 0 N–H and O–H groups in total. The zero-order valence-electron chi connectivity index (χ0n) is 11.7. The highest BCUT2D eigenvalue weighted by atomic mass is 16.5. The van der Waals surface area contributed by atoms with Crippen LogP contribution in [0.5, 0.6) is 5.75 Å². The van der Waals surface area contributed by atoms with Gasteiger partial charge in [-0.05, 0) is 24.7 Å². The summed E-state index contributed by atoms with van der Waals surface area (Å²) in [5.74, 6) is 0.872. The highest BCUT2D eigenvalue weighted by Crippen LogP contribution is 2.22. The van der Waals surface area contributed by atoms with Crippen molar-refractivity contribution in [2.75, 3.05) is 39.8 Å². The molecule has 1 aromatic rings. The van der Waals surface area contributed by atoms with E-state index >= 15 is 0 Å². The number of hydrogen-bond donors (Lipinski definition) is 0. The van der Waals surface area contributed by atoms with Gasteiger partial charge < -0.3 is 9.64 Å². The molecule has 19 heavy (non-hydrogen) atoms. The van der Waals surface area contributed by atoms with Crippen LogP contribution in [0.4, 0.5) is 0 Å². The number of methoxy groups -OCH3 is 1. The van der Waals surface area contributed by atoms with E-state index in [2.05, 4.69) is 22.8 Å². The molecule has 1 heterocycles. The number of benzene rings is 1. The van der Waals surface area contributed by atoms with Crippen LogP contribution in [-0.4, -0.2) is 49.6 Å². The van der Waals surface area contributed by atoms with Gasteiger partial charge in [-0.3, -0.25) is 4.90 Å². The molecule has 4 nitrogen and oxygen atoms in total. The molecule has 0 unspecified atom stereocenters. The molecule has 4 heteroatoms. The number of hydrogen-bond acceptors (Lipinski definition) is 4. The maximum Gasteiger partial charge on any atom is 0.123 e. The van der Waals surface area contributed by atoms with Gasteiger partial charge in [-0.15, -0.1) is 0 Å². The van der Waals surface area contributed by atoms with Crippen LogP contribution in [0, 0.1) is 11.3 Å². The predicted molar refractivity (Wildman–Crippen MR) is 75.1 cm³/mol. The summed E-state index contributed by atoms with van der Waals surface area (Å²) in [6.45, 7) is 8.58. The first-order valence-corrected chi connectivity index (χ1v) is 6.78. The number of likely N-dealkylation sites (N-methyl/N-ethyl adjacent to an activating group) is 1. The SMILES string of the molecule is CCN1CCN(Cc2cc(C#N)ccc2OC)CC1. The zero-order chi connectivity index (χ0) is 13.7. The van der Waals surface area contributed by atoms with Gasteiger partial charge in [0.15, 0.2) is 0 Å². The fourth-order valence-corrected chi connectivity index (χ4v) is 2.48. The van der Waals surface area contributed by atoms with Gasteiger partial charge in [-0.2, -0.15) is 5.26 Å². The molecule has 1 fully saturated rings. The van der Waals surface area contributed by atoms with Crippen molar-refractivity contribution in [2.24, 2.45) is 0 Å². The van der Waals surface area contributed by atoms with Crippen LogP contribution in [0.1, 0.15) is 18.1 Å². The largest absolute Gasteiger partial charge is 0.496 e. The second-order valence-corrected chi connectivity index (χ2v) is 4.85. The van der Waals surface area contributed by atoms with Crippen LogP contribution in [0.3, 0.4) is 0 Å². The Morgan fingerprint density at radius 2 is 1.89 bits per heavy atom. The Bertz CT molecular complexity index is 459. The number of nitriles is 1. The van der Waals surface area contributed by atoms with E-state index in [4.69, 9.17) is 10.00 Å². The van der Waals surface area contributed by atoms with E-state index in [1.54, 1.807) is 13.2 Å². The Morgan fingerprint density at radius 1 is 1.21 bits per heavy atom. The third-order valence-corrected chi connectivity index (χ3v) is 3.72. The van der Waals surface area contributed by atoms with E-state index in [9.17, 15) is 0 Å². The molecule has 1 aromatic carbocycles. The molecule has 0 saturated carbocycles. The molecule has 0 amide bonds. The molecule has 1 aliphatic heterocycles. The first-order valence-electron chi connectivity index (χ1n) is 6.78. The van der Waals surface area contributed by atoms with Gasteiger partial charge in [-0.1, -0.05) is 6.92 Å². The van der Waals surface area contributed by atoms with E-state index in [1.165, 1.54) is 0 Å². The summed E-state index contributed by atoms with van der Waals surface area (Å²) < 4.78 is 5.38. The molecule has 2 rings (SSSR count). The third kappa shape index (κ3) is 3.46. The molecule has 0 aliphatic carbocycles. The molecule has 102 valence electrons. The Balaban J connectivity index is 2.04. The first-order chi connectivity index (χ1) is 9.26. The monoisotopic (exact) mass is 259 g/mol. The molecule has 0 spiro atoms. The second kappa shape index (κ2) is 6.55. The molecular formula is C15H21N3O. The van der Waals surface area contributed by atoms with E-state index in [-0.39, 0.29) is 0 Å². The normalized spacial score (nSPS) is 17.1. The minimum Gasteiger partial charge on any atom is -0.496 e. The van der Waals surface area contributed by atoms with Crippen LogP contribution in [0.15, 0.2) is 18.2 Å². The number of rotatable bonds is 4. The molecule has 1 saturated heterocycles. The lowest BCUT2D eigenvalue weighted by atomic mass is 10.1. The van der Waals surface area contributed by atoms with E-state index < -0.39 is 0 Å². The number of ether oxygens (including phenoxy) is 1. The lowest BCUT2D eigenvalue weighted by molar-refractivity contribution is 0.131. The standard InChI is InChI=1S/C15H21N3O/c1-3-17-6-8-18(9-7-17)12-14-10-13(11-16)4-5-15(14)19-2/h4-5,10H,3,6-9,12H2,1-2H3. The van der Waals surface area contributed by atoms with E-state index in [0.29, 0.717) is 5.56 Å². The Hall–Kier alpha value is -1.57. The van der Waals surface area contributed by atoms with Gasteiger partial charge in [0.1, 0.15) is 5.75 Å². The third-order valence-electron chi connectivity index (χ3n) is 3.72.